The molecule has 0 heterocycles. The monoisotopic (exact) mass is 456 g/mol. The molecule has 5 nitrogen and oxygen atoms in total. The lowest BCUT2D eigenvalue weighted by Crippen LogP contribution is -2.41. The van der Waals surface area contributed by atoms with E-state index in [0.717, 1.165) is 6.07 Å². The van der Waals surface area contributed by atoms with Gasteiger partial charge in [0.05, 0.1) is 6.61 Å². The summed E-state index contributed by atoms with van der Waals surface area (Å²) in [5.74, 6) is 0.0541. The van der Waals surface area contributed by atoms with Crippen molar-refractivity contribution < 1.29 is 28.1 Å². The largest absolute Gasteiger partial charge is 0.493 e. The lowest BCUT2D eigenvalue weighted by atomic mass is 9.90. The first-order valence-corrected chi connectivity index (χ1v) is 8.98. The molecule has 0 amide bonds. The topological polar surface area (TPSA) is 97.4 Å². The number of alkyl halides is 3. The molecule has 1 aliphatic carbocycles. The van der Waals surface area contributed by atoms with Crippen molar-refractivity contribution in [3.63, 3.8) is 0 Å². The zero-order chi connectivity index (χ0) is 20.7. The highest BCUT2D eigenvalue weighted by Crippen LogP contribution is 2.57. The number of rotatable bonds is 6. The molecule has 0 aromatic heterocycles. The van der Waals surface area contributed by atoms with Crippen LogP contribution in [0.25, 0.3) is 11.1 Å². The van der Waals surface area contributed by atoms with E-state index in [0.29, 0.717) is 16.9 Å². The summed E-state index contributed by atoms with van der Waals surface area (Å²) in [4.78, 5) is 0. The van der Waals surface area contributed by atoms with Gasteiger partial charge in [0.15, 0.2) is 0 Å². The minimum absolute atomic E-state index is 0.0541. The molecule has 0 saturated heterocycles. The highest BCUT2D eigenvalue weighted by Gasteiger charge is 2.61. The molecule has 4 N–H and O–H groups in total. The first-order chi connectivity index (χ1) is 13.1. The average molecular weight is 457 g/mol. The van der Waals surface area contributed by atoms with Gasteiger partial charge in [-0.15, -0.1) is 0 Å². The summed E-state index contributed by atoms with van der Waals surface area (Å²) in [6.45, 7) is -0.149. The molecule has 0 radical (unpaired) electrons. The number of hydrogen-bond donors (Lipinski definition) is 4. The number of ether oxygens (including phenoxy) is 1. The zero-order valence-corrected chi connectivity index (χ0v) is 15.9. The Bertz CT molecular complexity index is 941. The Kier molecular flexibility index (Phi) is 5.11. The maximum Gasteiger partial charge on any atom is 0.425 e. The lowest BCUT2D eigenvalue weighted by molar-refractivity contribution is -0.246. The Labute approximate surface area is 166 Å². The molecule has 0 spiro atoms. The molecule has 148 valence electrons. The quantitative estimate of drug-likeness (QED) is 0.494. The highest BCUT2D eigenvalue weighted by molar-refractivity contribution is 9.10. The first kappa shape index (κ1) is 20.5. The smallest absolute Gasteiger partial charge is 0.425 e. The van der Waals surface area contributed by atoms with Crippen molar-refractivity contribution in [2.24, 2.45) is 0 Å². The van der Waals surface area contributed by atoms with E-state index in [1.807, 2.05) is 0 Å². The number of aliphatic hydroxyl groups is 2. The highest BCUT2D eigenvalue weighted by atomic mass is 79.9. The summed E-state index contributed by atoms with van der Waals surface area (Å²) in [6, 6.07) is 8.38. The first-order valence-electron chi connectivity index (χ1n) is 8.19. The molecule has 0 saturated carbocycles. The van der Waals surface area contributed by atoms with Crippen molar-refractivity contribution in [2.45, 2.75) is 23.8 Å². The predicted octanol–water partition coefficient (Wildman–Crippen LogP) is 4.03. The molecule has 9 heteroatoms. The summed E-state index contributed by atoms with van der Waals surface area (Å²) in [7, 11) is 0. The van der Waals surface area contributed by atoms with Crippen LogP contribution in [0.2, 0.25) is 0 Å². The molecule has 0 fully saturated rings. The zero-order valence-electron chi connectivity index (χ0n) is 14.3. The summed E-state index contributed by atoms with van der Waals surface area (Å²) in [5, 5.41) is 34.8. The van der Waals surface area contributed by atoms with Gasteiger partial charge in [-0.05, 0) is 17.7 Å². The van der Waals surface area contributed by atoms with Crippen LogP contribution in [0.4, 0.5) is 13.2 Å². The van der Waals surface area contributed by atoms with Gasteiger partial charge >= 0.3 is 6.18 Å². The van der Waals surface area contributed by atoms with Gasteiger partial charge in [-0.2, -0.15) is 13.2 Å². The van der Waals surface area contributed by atoms with Crippen LogP contribution in [0.15, 0.2) is 40.9 Å². The van der Waals surface area contributed by atoms with Crippen LogP contribution >= 0.6 is 15.9 Å². The Morgan fingerprint density at radius 2 is 1.75 bits per heavy atom. The van der Waals surface area contributed by atoms with E-state index in [-0.39, 0.29) is 41.0 Å². The maximum absolute atomic E-state index is 13.9. The summed E-state index contributed by atoms with van der Waals surface area (Å²) in [6.07, 6.45) is -3.71. The van der Waals surface area contributed by atoms with E-state index >= 15 is 0 Å². The van der Waals surface area contributed by atoms with E-state index in [4.69, 9.17) is 15.6 Å². The van der Waals surface area contributed by atoms with Gasteiger partial charge in [0.1, 0.15) is 11.4 Å². The van der Waals surface area contributed by atoms with Crippen molar-refractivity contribution in [2.75, 3.05) is 6.61 Å². The van der Waals surface area contributed by atoms with Gasteiger partial charge in [-0.3, -0.25) is 0 Å². The summed E-state index contributed by atoms with van der Waals surface area (Å²) >= 11 is 3.26. The number of hydrogen-bond acceptors (Lipinski definition) is 5. The van der Waals surface area contributed by atoms with Crippen molar-refractivity contribution in [1.82, 2.24) is 0 Å². The number of nitrogens with one attached hydrogen (secondary N) is 2. The fraction of sp³-hybridized carbons (Fsp3) is 0.263. The van der Waals surface area contributed by atoms with Crippen LogP contribution < -0.4 is 4.74 Å². The van der Waals surface area contributed by atoms with Crippen LogP contribution in [0.3, 0.4) is 0 Å². The summed E-state index contributed by atoms with van der Waals surface area (Å²) in [5.41, 5.74) is -5.05. The van der Waals surface area contributed by atoms with E-state index in [1.165, 1.54) is 24.3 Å². The fourth-order valence-electron chi connectivity index (χ4n) is 3.21. The molecule has 1 atom stereocenters. The van der Waals surface area contributed by atoms with E-state index in [9.17, 15) is 23.4 Å². The molecule has 0 unspecified atom stereocenters. The molecule has 2 aromatic rings. The SMILES string of the molecule is N=CC(O)(C=N)CCOc1cc(Br)c2c(c1)[C@@](O)(C(F)(F)F)c1ccccc1-2. The van der Waals surface area contributed by atoms with Crippen molar-refractivity contribution in [3.05, 3.63) is 52.0 Å². The standard InChI is InChI=1S/C19H16BrF3N2O3/c20-15-8-11(28-6-5-17(26,9-24)10-25)7-14-16(15)12-3-1-2-4-13(12)18(14,27)19(21,22)23/h1-4,7-10,24-27H,5-6H2/t17?,18-/m1/s1. The molecule has 3 rings (SSSR count). The molecule has 0 aliphatic heterocycles. The van der Waals surface area contributed by atoms with Crippen LogP contribution in [0, 0.1) is 10.8 Å². The minimum atomic E-state index is -4.95. The summed E-state index contributed by atoms with van der Waals surface area (Å²) < 4.78 is 47.4. The minimum Gasteiger partial charge on any atom is -0.493 e. The second kappa shape index (κ2) is 6.98. The third-order valence-electron chi connectivity index (χ3n) is 4.72. The molecule has 0 bridgehead atoms. The molecule has 2 aromatic carbocycles. The van der Waals surface area contributed by atoms with Gasteiger partial charge in [-0.1, -0.05) is 40.2 Å². The molecular formula is C19H16BrF3N2O3. The van der Waals surface area contributed by atoms with Gasteiger partial charge < -0.3 is 25.8 Å². The maximum atomic E-state index is 13.9. The molecular weight excluding hydrogens is 441 g/mol. The van der Waals surface area contributed by atoms with E-state index in [2.05, 4.69) is 15.9 Å². The van der Waals surface area contributed by atoms with E-state index < -0.39 is 17.4 Å². The Morgan fingerprint density at radius 3 is 2.36 bits per heavy atom. The third kappa shape index (κ3) is 3.13. The second-order valence-corrected chi connectivity index (χ2v) is 7.31. The molecule has 28 heavy (non-hydrogen) atoms. The van der Waals surface area contributed by atoms with Crippen molar-refractivity contribution in [3.8, 4) is 16.9 Å². The average Bonchev–Trinajstić information content (AvgIpc) is 2.92. The Balaban J connectivity index is 2.02. The number of halogens is 4. The van der Waals surface area contributed by atoms with Crippen LogP contribution in [0.5, 0.6) is 5.75 Å². The second-order valence-electron chi connectivity index (χ2n) is 6.46. The third-order valence-corrected chi connectivity index (χ3v) is 5.35. The van der Waals surface area contributed by atoms with Crippen LogP contribution in [-0.4, -0.2) is 41.0 Å². The van der Waals surface area contributed by atoms with Crippen LogP contribution in [0.1, 0.15) is 17.5 Å². The predicted molar refractivity (Wildman–Crippen MR) is 101 cm³/mol. The lowest BCUT2D eigenvalue weighted by Gasteiger charge is -2.28. The van der Waals surface area contributed by atoms with E-state index in [1.54, 1.807) is 6.07 Å². The normalized spacial score (nSPS) is 20.1. The number of fused-ring (bicyclic) bond motifs is 3. The number of benzene rings is 2. The van der Waals surface area contributed by atoms with Gasteiger partial charge in [0.2, 0.25) is 5.60 Å². The Morgan fingerprint density at radius 1 is 1.11 bits per heavy atom. The van der Waals surface area contributed by atoms with Crippen molar-refractivity contribution >= 4 is 28.4 Å². The van der Waals surface area contributed by atoms with Crippen molar-refractivity contribution in [1.29, 1.82) is 10.8 Å². The fourth-order valence-corrected chi connectivity index (χ4v) is 3.86. The molecule has 1 aliphatic rings. The van der Waals surface area contributed by atoms with Gasteiger partial charge in [0, 0.05) is 40.0 Å². The van der Waals surface area contributed by atoms with Gasteiger partial charge in [-0.25, -0.2) is 0 Å². The van der Waals surface area contributed by atoms with Gasteiger partial charge in [0.25, 0.3) is 0 Å². The van der Waals surface area contributed by atoms with Crippen LogP contribution in [-0.2, 0) is 5.60 Å². The Hall–Kier alpha value is -2.23.